The van der Waals surface area contributed by atoms with Crippen LogP contribution in [-0.2, 0) is 19.1 Å². The standard InChI is InChI=1S/C22H30N2O5/c1-15(16-5-3-2-4-6-16)23-21(26)13-18-7-8-19(20(14-25)29-18)24-22(27)17-9-11-28-12-10-17/h2-8,15,17-20,25H,9-14H2,1H3,(H,23,26)(H,24,27)/t15-,18-,19+,20+/m0/s1. The first kappa shape index (κ1) is 21.5. The maximum Gasteiger partial charge on any atom is 0.223 e. The van der Waals surface area contributed by atoms with Gasteiger partial charge in [0.1, 0.15) is 6.10 Å². The minimum atomic E-state index is -0.576. The van der Waals surface area contributed by atoms with Gasteiger partial charge in [0.15, 0.2) is 0 Å². The Kier molecular flexibility index (Phi) is 7.80. The van der Waals surface area contributed by atoms with Crippen LogP contribution in [0.4, 0.5) is 0 Å². The smallest absolute Gasteiger partial charge is 0.223 e. The molecule has 7 heteroatoms. The summed E-state index contributed by atoms with van der Waals surface area (Å²) in [6.07, 6.45) is 4.16. The van der Waals surface area contributed by atoms with Crippen LogP contribution in [0.1, 0.15) is 37.8 Å². The lowest BCUT2D eigenvalue weighted by Crippen LogP contribution is -2.51. The summed E-state index contributed by atoms with van der Waals surface area (Å²) in [5.41, 5.74) is 1.03. The third kappa shape index (κ3) is 6.13. The highest BCUT2D eigenvalue weighted by Gasteiger charge is 2.31. The van der Waals surface area contributed by atoms with Crippen molar-refractivity contribution in [1.29, 1.82) is 0 Å². The fourth-order valence-corrected chi connectivity index (χ4v) is 3.69. The molecule has 4 atom stereocenters. The number of hydrogen-bond donors (Lipinski definition) is 3. The first-order chi connectivity index (χ1) is 14.1. The van der Waals surface area contributed by atoms with Crippen LogP contribution in [0, 0.1) is 5.92 Å². The highest BCUT2D eigenvalue weighted by Crippen LogP contribution is 2.19. The van der Waals surface area contributed by atoms with Crippen molar-refractivity contribution < 1.29 is 24.2 Å². The summed E-state index contributed by atoms with van der Waals surface area (Å²) in [5, 5.41) is 15.6. The van der Waals surface area contributed by atoms with E-state index < -0.39 is 18.2 Å². The maximum absolute atomic E-state index is 12.4. The summed E-state index contributed by atoms with van der Waals surface area (Å²) < 4.78 is 11.1. The molecule has 0 unspecified atom stereocenters. The van der Waals surface area contributed by atoms with E-state index >= 15 is 0 Å². The molecule has 0 radical (unpaired) electrons. The molecule has 2 amide bonds. The first-order valence-electron chi connectivity index (χ1n) is 10.2. The molecule has 0 bridgehead atoms. The second kappa shape index (κ2) is 10.5. The van der Waals surface area contributed by atoms with Gasteiger partial charge in [-0.3, -0.25) is 9.59 Å². The molecule has 2 aliphatic heterocycles. The van der Waals surface area contributed by atoms with Gasteiger partial charge in [0.25, 0.3) is 0 Å². The number of nitrogens with one attached hydrogen (secondary N) is 2. The van der Waals surface area contributed by atoms with E-state index in [1.807, 2.05) is 43.3 Å². The minimum Gasteiger partial charge on any atom is -0.394 e. The molecule has 0 aromatic heterocycles. The summed E-state index contributed by atoms with van der Waals surface area (Å²) in [4.78, 5) is 24.8. The average molecular weight is 402 g/mol. The topological polar surface area (TPSA) is 96.9 Å². The number of amides is 2. The number of carbonyl (C=O) groups is 2. The van der Waals surface area contributed by atoms with Gasteiger partial charge < -0.3 is 25.2 Å². The molecule has 158 valence electrons. The average Bonchev–Trinajstić information content (AvgIpc) is 2.75. The third-order valence-corrected chi connectivity index (χ3v) is 5.43. The van der Waals surface area contributed by atoms with Crippen molar-refractivity contribution in [3.8, 4) is 0 Å². The Bertz CT molecular complexity index is 702. The normalized spacial score (nSPS) is 25.9. The molecule has 0 saturated carbocycles. The number of hydrogen-bond acceptors (Lipinski definition) is 5. The van der Waals surface area contributed by atoms with E-state index in [2.05, 4.69) is 10.6 Å². The Morgan fingerprint density at radius 1 is 1.17 bits per heavy atom. The predicted molar refractivity (Wildman–Crippen MR) is 108 cm³/mol. The molecule has 1 aromatic carbocycles. The van der Waals surface area contributed by atoms with Gasteiger partial charge in [-0.2, -0.15) is 0 Å². The molecule has 1 aromatic rings. The Balaban J connectivity index is 1.51. The van der Waals surface area contributed by atoms with Crippen LogP contribution in [0.15, 0.2) is 42.5 Å². The molecular formula is C22H30N2O5. The lowest BCUT2D eigenvalue weighted by molar-refractivity contribution is -0.132. The summed E-state index contributed by atoms with van der Waals surface area (Å²) in [7, 11) is 0. The van der Waals surface area contributed by atoms with Crippen molar-refractivity contribution in [3.05, 3.63) is 48.0 Å². The Labute approximate surface area is 171 Å². The molecule has 2 aliphatic rings. The Hall–Kier alpha value is -2.22. The number of aliphatic hydroxyl groups is 1. The number of rotatable bonds is 7. The van der Waals surface area contributed by atoms with Crippen molar-refractivity contribution in [2.75, 3.05) is 19.8 Å². The molecule has 0 aliphatic carbocycles. The number of carbonyl (C=O) groups excluding carboxylic acids is 2. The van der Waals surface area contributed by atoms with Crippen molar-refractivity contribution in [2.24, 2.45) is 5.92 Å². The van der Waals surface area contributed by atoms with Crippen molar-refractivity contribution in [3.63, 3.8) is 0 Å². The van der Waals surface area contributed by atoms with Crippen LogP contribution in [0.25, 0.3) is 0 Å². The summed E-state index contributed by atoms with van der Waals surface area (Å²) in [6, 6.07) is 9.24. The van der Waals surface area contributed by atoms with Gasteiger partial charge in [0.2, 0.25) is 11.8 Å². The van der Waals surface area contributed by atoms with Gasteiger partial charge >= 0.3 is 0 Å². The van der Waals surface area contributed by atoms with Crippen LogP contribution < -0.4 is 10.6 Å². The fourth-order valence-electron chi connectivity index (χ4n) is 3.69. The molecule has 0 spiro atoms. The van der Waals surface area contributed by atoms with Gasteiger partial charge in [-0.1, -0.05) is 42.5 Å². The molecule has 3 N–H and O–H groups in total. The molecule has 1 saturated heterocycles. The zero-order valence-corrected chi connectivity index (χ0v) is 16.8. The van der Waals surface area contributed by atoms with Gasteiger partial charge in [0, 0.05) is 19.1 Å². The maximum atomic E-state index is 12.4. The van der Waals surface area contributed by atoms with Crippen LogP contribution in [-0.4, -0.2) is 55.0 Å². The van der Waals surface area contributed by atoms with Crippen molar-refractivity contribution in [1.82, 2.24) is 10.6 Å². The SMILES string of the molecule is C[C@H](NC(=O)C[C@@H]1C=C[C@@H](NC(=O)C2CCOCC2)[C@@H](CO)O1)c1ccccc1. The largest absolute Gasteiger partial charge is 0.394 e. The Morgan fingerprint density at radius 3 is 2.59 bits per heavy atom. The highest BCUT2D eigenvalue weighted by molar-refractivity contribution is 5.79. The van der Waals surface area contributed by atoms with Crippen LogP contribution in [0.5, 0.6) is 0 Å². The fraction of sp³-hybridized carbons (Fsp3) is 0.545. The molecule has 29 heavy (non-hydrogen) atoms. The lowest BCUT2D eigenvalue weighted by Gasteiger charge is -2.33. The van der Waals surface area contributed by atoms with Crippen LogP contribution in [0.3, 0.4) is 0 Å². The monoisotopic (exact) mass is 402 g/mol. The van der Waals surface area contributed by atoms with Gasteiger partial charge in [-0.25, -0.2) is 0 Å². The van der Waals surface area contributed by atoms with Gasteiger partial charge in [0.05, 0.1) is 31.2 Å². The van der Waals surface area contributed by atoms with E-state index in [1.165, 1.54) is 0 Å². The summed E-state index contributed by atoms with van der Waals surface area (Å²) in [6.45, 7) is 2.89. The molecule has 1 fully saturated rings. The van der Waals surface area contributed by atoms with E-state index in [4.69, 9.17) is 9.47 Å². The zero-order valence-electron chi connectivity index (χ0n) is 16.8. The van der Waals surface area contributed by atoms with Crippen molar-refractivity contribution >= 4 is 11.8 Å². The zero-order chi connectivity index (χ0) is 20.6. The van der Waals surface area contributed by atoms with Crippen LogP contribution >= 0.6 is 0 Å². The minimum absolute atomic E-state index is 0.0436. The quantitative estimate of drug-likeness (QED) is 0.601. The molecule has 7 nitrogen and oxygen atoms in total. The van der Waals surface area contributed by atoms with E-state index in [-0.39, 0.29) is 36.8 Å². The molecule has 2 heterocycles. The summed E-state index contributed by atoms with van der Waals surface area (Å²) >= 11 is 0. The van der Waals surface area contributed by atoms with Gasteiger partial charge in [-0.15, -0.1) is 0 Å². The highest BCUT2D eigenvalue weighted by atomic mass is 16.5. The second-order valence-corrected chi connectivity index (χ2v) is 7.61. The lowest BCUT2D eigenvalue weighted by atomic mass is 9.97. The van der Waals surface area contributed by atoms with E-state index in [0.29, 0.717) is 26.1 Å². The number of aliphatic hydroxyl groups excluding tert-OH is 1. The summed E-state index contributed by atoms with van der Waals surface area (Å²) in [5.74, 6) is -0.241. The van der Waals surface area contributed by atoms with Gasteiger partial charge in [-0.05, 0) is 25.3 Å². The Morgan fingerprint density at radius 2 is 1.90 bits per heavy atom. The number of benzene rings is 1. The second-order valence-electron chi connectivity index (χ2n) is 7.61. The van der Waals surface area contributed by atoms with Crippen LogP contribution in [0.2, 0.25) is 0 Å². The molecular weight excluding hydrogens is 372 g/mol. The van der Waals surface area contributed by atoms with Crippen molar-refractivity contribution in [2.45, 2.75) is 50.5 Å². The van der Waals surface area contributed by atoms with E-state index in [9.17, 15) is 14.7 Å². The van der Waals surface area contributed by atoms with E-state index in [0.717, 1.165) is 5.56 Å². The molecule has 3 rings (SSSR count). The van der Waals surface area contributed by atoms with E-state index in [1.54, 1.807) is 6.08 Å². The predicted octanol–water partition coefficient (Wildman–Crippen LogP) is 1.48. The third-order valence-electron chi connectivity index (χ3n) is 5.43. The number of ether oxygens (including phenoxy) is 2. The first-order valence-corrected chi connectivity index (χ1v) is 10.2.